The molecule has 100 valence electrons. The van der Waals surface area contributed by atoms with Crippen molar-refractivity contribution in [2.24, 2.45) is 5.92 Å². The number of rotatable bonds is 6. The van der Waals surface area contributed by atoms with Gasteiger partial charge >= 0.3 is 5.97 Å². The number of hydrogen-bond donors (Lipinski definition) is 2. The third-order valence-corrected chi connectivity index (χ3v) is 2.37. The number of nitrogens with zero attached hydrogens (tertiary/aromatic N) is 3. The molecule has 0 saturated carbocycles. The number of aliphatic carboxylic acids is 1. The van der Waals surface area contributed by atoms with Crippen LogP contribution in [0.3, 0.4) is 0 Å². The van der Waals surface area contributed by atoms with E-state index in [-0.39, 0.29) is 0 Å². The molecule has 0 fully saturated rings. The van der Waals surface area contributed by atoms with Crippen molar-refractivity contribution >= 4 is 17.7 Å². The predicted molar refractivity (Wildman–Crippen MR) is 70.9 cm³/mol. The largest absolute Gasteiger partial charge is 0.480 e. The third-order valence-electron chi connectivity index (χ3n) is 2.37. The summed E-state index contributed by atoms with van der Waals surface area (Å²) in [7, 11) is 3.67. The van der Waals surface area contributed by atoms with Gasteiger partial charge in [0.15, 0.2) is 0 Å². The lowest BCUT2D eigenvalue weighted by atomic mass is 10.0. The molecule has 0 aromatic carbocycles. The van der Waals surface area contributed by atoms with Gasteiger partial charge in [-0.15, -0.1) is 0 Å². The number of nitrogens with one attached hydrogen (secondary N) is 1. The van der Waals surface area contributed by atoms with E-state index in [9.17, 15) is 4.79 Å². The van der Waals surface area contributed by atoms with Crippen LogP contribution in [0, 0.1) is 5.92 Å². The standard InChI is InChI=1S/C12H20N4O2/c1-8(2)7-9(11(17)18)14-10-5-6-13-12(15-10)16(3)4/h5-6,8-9H,7H2,1-4H3,(H,17,18)(H,13,14,15). The van der Waals surface area contributed by atoms with Crippen LogP contribution in [0.15, 0.2) is 12.3 Å². The summed E-state index contributed by atoms with van der Waals surface area (Å²) in [6, 6.07) is 1.04. The first-order chi connectivity index (χ1) is 8.40. The minimum absolute atomic E-state index is 0.300. The molecule has 6 heteroatoms. The van der Waals surface area contributed by atoms with Crippen LogP contribution in [0.2, 0.25) is 0 Å². The van der Waals surface area contributed by atoms with E-state index in [2.05, 4.69) is 15.3 Å². The van der Waals surface area contributed by atoms with Gasteiger partial charge in [0.05, 0.1) is 0 Å². The van der Waals surface area contributed by atoms with Gasteiger partial charge in [-0.05, 0) is 18.4 Å². The zero-order valence-electron chi connectivity index (χ0n) is 11.2. The maximum atomic E-state index is 11.1. The summed E-state index contributed by atoms with van der Waals surface area (Å²) in [4.78, 5) is 21.2. The second-order valence-electron chi connectivity index (χ2n) is 4.80. The summed E-state index contributed by atoms with van der Waals surface area (Å²) < 4.78 is 0. The fourth-order valence-corrected chi connectivity index (χ4v) is 1.52. The molecule has 0 aliphatic heterocycles. The quantitative estimate of drug-likeness (QED) is 0.798. The molecule has 18 heavy (non-hydrogen) atoms. The minimum atomic E-state index is -0.867. The predicted octanol–water partition coefficient (Wildman–Crippen LogP) is 1.45. The van der Waals surface area contributed by atoms with Gasteiger partial charge in [0.25, 0.3) is 0 Å². The van der Waals surface area contributed by atoms with Crippen LogP contribution in [0.1, 0.15) is 20.3 Å². The van der Waals surface area contributed by atoms with Crippen molar-refractivity contribution in [2.75, 3.05) is 24.3 Å². The molecule has 6 nitrogen and oxygen atoms in total. The number of carbonyl (C=O) groups is 1. The van der Waals surface area contributed by atoms with Crippen LogP contribution >= 0.6 is 0 Å². The van der Waals surface area contributed by atoms with Gasteiger partial charge in [0, 0.05) is 20.3 Å². The van der Waals surface area contributed by atoms with Crippen molar-refractivity contribution in [1.29, 1.82) is 0 Å². The molecule has 1 rings (SSSR count). The van der Waals surface area contributed by atoms with Gasteiger partial charge in [-0.3, -0.25) is 0 Å². The zero-order chi connectivity index (χ0) is 13.7. The van der Waals surface area contributed by atoms with Crippen molar-refractivity contribution in [3.8, 4) is 0 Å². The number of hydrogen-bond acceptors (Lipinski definition) is 5. The summed E-state index contributed by atoms with van der Waals surface area (Å²) in [6.07, 6.45) is 2.16. The molecule has 0 aliphatic rings. The first-order valence-corrected chi connectivity index (χ1v) is 5.90. The van der Waals surface area contributed by atoms with Crippen LogP contribution in [0.5, 0.6) is 0 Å². The summed E-state index contributed by atoms with van der Waals surface area (Å²) in [5.74, 6) is 0.512. The van der Waals surface area contributed by atoms with Crippen molar-refractivity contribution in [3.63, 3.8) is 0 Å². The summed E-state index contributed by atoms with van der Waals surface area (Å²) >= 11 is 0. The fraction of sp³-hybridized carbons (Fsp3) is 0.583. The normalized spacial score (nSPS) is 12.3. The Morgan fingerprint density at radius 1 is 1.50 bits per heavy atom. The van der Waals surface area contributed by atoms with E-state index in [1.165, 1.54) is 0 Å². The van der Waals surface area contributed by atoms with Gasteiger partial charge in [-0.2, -0.15) is 4.98 Å². The number of carboxylic acids is 1. The van der Waals surface area contributed by atoms with E-state index >= 15 is 0 Å². The molecule has 2 N–H and O–H groups in total. The van der Waals surface area contributed by atoms with Gasteiger partial charge < -0.3 is 15.3 Å². The molecule has 0 bridgehead atoms. The second kappa shape index (κ2) is 6.18. The van der Waals surface area contributed by atoms with Gasteiger partial charge in [0.1, 0.15) is 11.9 Å². The van der Waals surface area contributed by atoms with Crippen molar-refractivity contribution in [2.45, 2.75) is 26.3 Å². The Kier molecular flexibility index (Phi) is 4.88. The van der Waals surface area contributed by atoms with Gasteiger partial charge in [0.2, 0.25) is 5.95 Å². The Hall–Kier alpha value is -1.85. The average molecular weight is 252 g/mol. The molecule has 0 amide bonds. The molecular weight excluding hydrogens is 232 g/mol. The van der Waals surface area contributed by atoms with E-state index in [1.807, 2.05) is 27.9 Å². The summed E-state index contributed by atoms with van der Waals surface area (Å²) in [5, 5.41) is 12.1. The van der Waals surface area contributed by atoms with Crippen LogP contribution in [0.25, 0.3) is 0 Å². The molecule has 0 aliphatic carbocycles. The Bertz CT molecular complexity index is 407. The molecule has 1 aromatic heterocycles. The molecule has 0 radical (unpaired) electrons. The minimum Gasteiger partial charge on any atom is -0.480 e. The van der Waals surface area contributed by atoms with Gasteiger partial charge in [-0.25, -0.2) is 9.78 Å². The molecule has 1 aromatic rings. The van der Waals surface area contributed by atoms with Crippen LogP contribution in [-0.2, 0) is 4.79 Å². The second-order valence-corrected chi connectivity index (χ2v) is 4.80. The van der Waals surface area contributed by atoms with Crippen molar-refractivity contribution < 1.29 is 9.90 Å². The summed E-state index contributed by atoms with van der Waals surface area (Å²) in [6.45, 7) is 3.98. The monoisotopic (exact) mass is 252 g/mol. The van der Waals surface area contributed by atoms with E-state index in [4.69, 9.17) is 5.11 Å². The number of anilines is 2. The molecule has 0 spiro atoms. The molecule has 1 heterocycles. The first kappa shape index (κ1) is 14.2. The van der Waals surface area contributed by atoms with Crippen molar-refractivity contribution in [3.05, 3.63) is 12.3 Å². The highest BCUT2D eigenvalue weighted by molar-refractivity contribution is 5.76. The number of aromatic nitrogens is 2. The Morgan fingerprint density at radius 3 is 2.67 bits per heavy atom. The first-order valence-electron chi connectivity index (χ1n) is 5.90. The van der Waals surface area contributed by atoms with Crippen LogP contribution in [0.4, 0.5) is 11.8 Å². The Balaban J connectivity index is 2.80. The zero-order valence-corrected chi connectivity index (χ0v) is 11.2. The Morgan fingerprint density at radius 2 is 2.17 bits per heavy atom. The van der Waals surface area contributed by atoms with E-state index in [1.54, 1.807) is 17.2 Å². The van der Waals surface area contributed by atoms with Crippen molar-refractivity contribution in [1.82, 2.24) is 9.97 Å². The van der Waals surface area contributed by atoms with E-state index in [0.29, 0.717) is 24.1 Å². The lowest BCUT2D eigenvalue weighted by Gasteiger charge is -2.18. The highest BCUT2D eigenvalue weighted by Crippen LogP contribution is 2.13. The van der Waals surface area contributed by atoms with Crippen LogP contribution in [-0.4, -0.2) is 41.2 Å². The maximum Gasteiger partial charge on any atom is 0.326 e. The highest BCUT2D eigenvalue weighted by Gasteiger charge is 2.19. The highest BCUT2D eigenvalue weighted by atomic mass is 16.4. The topological polar surface area (TPSA) is 78.4 Å². The smallest absolute Gasteiger partial charge is 0.326 e. The average Bonchev–Trinajstić information content (AvgIpc) is 2.27. The third kappa shape index (κ3) is 4.20. The molecule has 1 atom stereocenters. The summed E-state index contributed by atoms with van der Waals surface area (Å²) in [5.41, 5.74) is 0. The fourth-order valence-electron chi connectivity index (χ4n) is 1.52. The van der Waals surface area contributed by atoms with Gasteiger partial charge in [-0.1, -0.05) is 13.8 Å². The molecular formula is C12H20N4O2. The van der Waals surface area contributed by atoms with E-state index in [0.717, 1.165) is 0 Å². The maximum absolute atomic E-state index is 11.1. The lowest BCUT2D eigenvalue weighted by Crippen LogP contribution is -2.31. The van der Waals surface area contributed by atoms with Crippen LogP contribution < -0.4 is 10.2 Å². The SMILES string of the molecule is CC(C)CC(Nc1ccnc(N(C)C)n1)C(=O)O. The Labute approximate surface area is 107 Å². The molecule has 0 saturated heterocycles. The van der Waals surface area contributed by atoms with E-state index < -0.39 is 12.0 Å². The molecule has 1 unspecified atom stereocenters. The lowest BCUT2D eigenvalue weighted by molar-refractivity contribution is -0.138. The number of carboxylic acid groups (broad SMARTS) is 1.